The highest BCUT2D eigenvalue weighted by Gasteiger charge is 2.12. The minimum atomic E-state index is 0.478. The second kappa shape index (κ2) is 3.81. The molecule has 17 heavy (non-hydrogen) atoms. The van der Waals surface area contributed by atoms with Crippen LogP contribution in [0.25, 0.3) is 11.0 Å². The van der Waals surface area contributed by atoms with Gasteiger partial charge in [-0.2, -0.15) is 5.10 Å². The van der Waals surface area contributed by atoms with Crippen molar-refractivity contribution in [1.82, 2.24) is 20.2 Å². The second-order valence-corrected chi connectivity index (χ2v) is 4.95. The maximum absolute atomic E-state index is 5.86. The molecule has 0 aliphatic heterocycles. The van der Waals surface area contributed by atoms with Crippen LogP contribution >= 0.6 is 11.3 Å². The zero-order valence-corrected chi connectivity index (χ0v) is 10.1. The molecule has 3 N–H and O–H groups in total. The van der Waals surface area contributed by atoms with Gasteiger partial charge in [-0.15, -0.1) is 11.3 Å². The quantitative estimate of drug-likeness (QED) is 0.722. The van der Waals surface area contributed by atoms with Crippen LogP contribution in [0.15, 0.2) is 17.8 Å². The monoisotopic (exact) mass is 245 g/mol. The lowest BCUT2D eigenvalue weighted by molar-refractivity contribution is 1.00. The lowest BCUT2D eigenvalue weighted by atomic mass is 10.1. The van der Waals surface area contributed by atoms with Gasteiger partial charge in [0, 0.05) is 11.3 Å². The van der Waals surface area contributed by atoms with Crippen molar-refractivity contribution in [2.45, 2.75) is 13.3 Å². The summed E-state index contributed by atoms with van der Waals surface area (Å²) >= 11 is 1.74. The normalized spacial score (nSPS) is 11.1. The molecule has 0 unspecified atom stereocenters. The van der Waals surface area contributed by atoms with Gasteiger partial charge in [0.2, 0.25) is 0 Å². The molecule has 3 aromatic heterocycles. The third kappa shape index (κ3) is 1.66. The highest BCUT2D eigenvalue weighted by atomic mass is 32.1. The van der Waals surface area contributed by atoms with Gasteiger partial charge >= 0.3 is 0 Å². The van der Waals surface area contributed by atoms with Crippen LogP contribution in [0.4, 0.5) is 5.82 Å². The molecule has 0 radical (unpaired) electrons. The topological polar surface area (TPSA) is 80.5 Å². The molecular weight excluding hydrogens is 234 g/mol. The van der Waals surface area contributed by atoms with Crippen LogP contribution in [0.2, 0.25) is 0 Å². The summed E-state index contributed by atoms with van der Waals surface area (Å²) in [6, 6.07) is 2.11. The summed E-state index contributed by atoms with van der Waals surface area (Å²) in [6.45, 7) is 2.11. The molecule has 0 aliphatic rings. The van der Waals surface area contributed by atoms with Crippen LogP contribution in [0.1, 0.15) is 16.1 Å². The van der Waals surface area contributed by atoms with Crippen molar-refractivity contribution >= 4 is 28.2 Å². The van der Waals surface area contributed by atoms with Crippen molar-refractivity contribution in [2.24, 2.45) is 0 Å². The van der Waals surface area contributed by atoms with Gasteiger partial charge in [0.25, 0.3) is 0 Å². The minimum absolute atomic E-state index is 0.478. The Balaban J connectivity index is 2.10. The lowest BCUT2D eigenvalue weighted by Gasteiger charge is -1.99. The van der Waals surface area contributed by atoms with Crippen molar-refractivity contribution in [2.75, 3.05) is 5.73 Å². The Kier molecular flexibility index (Phi) is 2.29. The smallest absolute Gasteiger partial charge is 0.160 e. The summed E-state index contributed by atoms with van der Waals surface area (Å²) in [6.07, 6.45) is 2.20. The summed E-state index contributed by atoms with van der Waals surface area (Å²) < 4.78 is 0. The molecule has 0 saturated carbocycles. The third-order valence-electron chi connectivity index (χ3n) is 2.79. The fourth-order valence-electron chi connectivity index (χ4n) is 1.85. The Morgan fingerprint density at radius 1 is 1.41 bits per heavy atom. The van der Waals surface area contributed by atoms with Gasteiger partial charge in [-0.1, -0.05) is 0 Å². The van der Waals surface area contributed by atoms with Gasteiger partial charge in [-0.3, -0.25) is 5.10 Å². The zero-order valence-electron chi connectivity index (χ0n) is 9.27. The maximum Gasteiger partial charge on any atom is 0.160 e. The number of nitrogen functional groups attached to an aromatic ring is 1. The SMILES string of the molecule is Cc1sccc1Cc1n[nH]c2ncnc(N)c12. The molecule has 0 saturated heterocycles. The number of nitrogens with two attached hydrogens (primary N) is 1. The van der Waals surface area contributed by atoms with E-state index in [4.69, 9.17) is 5.73 Å². The summed E-state index contributed by atoms with van der Waals surface area (Å²) in [5.41, 5.74) is 8.73. The largest absolute Gasteiger partial charge is 0.383 e. The first-order valence-electron chi connectivity index (χ1n) is 5.22. The number of hydrogen-bond donors (Lipinski definition) is 2. The molecule has 3 aromatic rings. The number of fused-ring (bicyclic) bond motifs is 1. The van der Waals surface area contributed by atoms with Gasteiger partial charge in [0.05, 0.1) is 11.1 Å². The van der Waals surface area contributed by atoms with E-state index >= 15 is 0 Å². The van der Waals surface area contributed by atoms with Crippen LogP contribution in [0, 0.1) is 6.92 Å². The third-order valence-corrected chi connectivity index (χ3v) is 3.67. The lowest BCUT2D eigenvalue weighted by Crippen LogP contribution is -1.95. The van der Waals surface area contributed by atoms with Crippen molar-refractivity contribution in [3.8, 4) is 0 Å². The first-order valence-corrected chi connectivity index (χ1v) is 6.10. The van der Waals surface area contributed by atoms with Gasteiger partial charge in [0.1, 0.15) is 12.1 Å². The molecule has 0 spiro atoms. The summed E-state index contributed by atoms with van der Waals surface area (Å²) in [7, 11) is 0. The second-order valence-electron chi connectivity index (χ2n) is 3.83. The highest BCUT2D eigenvalue weighted by molar-refractivity contribution is 7.10. The Morgan fingerprint density at radius 2 is 2.29 bits per heavy atom. The Hall–Kier alpha value is -1.95. The molecule has 0 amide bonds. The van der Waals surface area contributed by atoms with Crippen LogP contribution in [-0.4, -0.2) is 20.2 Å². The van der Waals surface area contributed by atoms with Crippen LogP contribution in [-0.2, 0) is 6.42 Å². The fraction of sp³-hybridized carbons (Fsp3) is 0.182. The number of hydrogen-bond acceptors (Lipinski definition) is 5. The van der Waals surface area contributed by atoms with Crippen LogP contribution in [0.3, 0.4) is 0 Å². The van der Waals surface area contributed by atoms with E-state index in [-0.39, 0.29) is 0 Å². The van der Waals surface area contributed by atoms with E-state index in [0.717, 1.165) is 17.5 Å². The Labute approximate surface area is 102 Å². The first-order chi connectivity index (χ1) is 8.25. The fourth-order valence-corrected chi connectivity index (χ4v) is 2.58. The van der Waals surface area contributed by atoms with E-state index in [1.54, 1.807) is 11.3 Å². The van der Waals surface area contributed by atoms with Crippen molar-refractivity contribution < 1.29 is 0 Å². The van der Waals surface area contributed by atoms with Crippen molar-refractivity contribution in [3.05, 3.63) is 33.9 Å². The van der Waals surface area contributed by atoms with Gasteiger partial charge in [-0.05, 0) is 23.9 Å². The van der Waals surface area contributed by atoms with Gasteiger partial charge < -0.3 is 5.73 Å². The predicted molar refractivity (Wildman–Crippen MR) is 68.0 cm³/mol. The maximum atomic E-state index is 5.86. The van der Waals surface area contributed by atoms with E-state index in [1.807, 2.05) is 0 Å². The Bertz CT molecular complexity index is 669. The molecule has 0 atom stereocenters. The van der Waals surface area contributed by atoms with Gasteiger partial charge in [-0.25, -0.2) is 9.97 Å². The molecule has 0 aromatic carbocycles. The Morgan fingerprint density at radius 3 is 3.06 bits per heavy atom. The minimum Gasteiger partial charge on any atom is -0.383 e. The molecule has 6 heteroatoms. The number of aromatic nitrogens is 4. The van der Waals surface area contributed by atoms with Gasteiger partial charge in [0.15, 0.2) is 5.65 Å². The molecule has 3 rings (SSSR count). The summed E-state index contributed by atoms with van der Waals surface area (Å²) in [4.78, 5) is 9.41. The van der Waals surface area contributed by atoms with E-state index in [9.17, 15) is 0 Å². The number of thiophene rings is 1. The molecule has 86 valence electrons. The van der Waals surface area contributed by atoms with E-state index in [2.05, 4.69) is 38.5 Å². The zero-order chi connectivity index (χ0) is 11.8. The number of aromatic amines is 1. The van der Waals surface area contributed by atoms with E-state index < -0.39 is 0 Å². The van der Waals surface area contributed by atoms with E-state index in [1.165, 1.54) is 16.8 Å². The van der Waals surface area contributed by atoms with Crippen LogP contribution < -0.4 is 5.73 Å². The first kappa shape index (κ1) is 10.2. The number of nitrogens with zero attached hydrogens (tertiary/aromatic N) is 3. The molecule has 5 nitrogen and oxygen atoms in total. The average molecular weight is 245 g/mol. The van der Waals surface area contributed by atoms with Crippen molar-refractivity contribution in [3.63, 3.8) is 0 Å². The molecule has 0 bridgehead atoms. The summed E-state index contributed by atoms with van der Waals surface area (Å²) in [5.74, 6) is 0.478. The average Bonchev–Trinajstić information content (AvgIpc) is 2.89. The van der Waals surface area contributed by atoms with E-state index in [0.29, 0.717) is 11.5 Å². The summed E-state index contributed by atoms with van der Waals surface area (Å²) in [5, 5.41) is 10.1. The van der Waals surface area contributed by atoms with Crippen molar-refractivity contribution in [1.29, 1.82) is 0 Å². The number of anilines is 1. The number of rotatable bonds is 2. The predicted octanol–water partition coefficient (Wildman–Crippen LogP) is 1.90. The molecule has 0 fully saturated rings. The highest BCUT2D eigenvalue weighted by Crippen LogP contribution is 2.24. The molecule has 3 heterocycles. The number of nitrogens with one attached hydrogen (secondary N) is 1. The van der Waals surface area contributed by atoms with Crippen LogP contribution in [0.5, 0.6) is 0 Å². The number of H-pyrrole nitrogens is 1. The number of aryl methyl sites for hydroxylation is 1. The molecule has 0 aliphatic carbocycles. The standard InChI is InChI=1S/C11H11N5S/c1-6-7(2-3-17-6)4-8-9-10(12)13-5-14-11(9)16-15-8/h2-3,5H,4H2,1H3,(H3,12,13,14,15,16). The molecular formula is C11H11N5S.